The fourth-order valence-electron chi connectivity index (χ4n) is 6.75. The molecule has 6 N–H and O–H groups in total. The van der Waals surface area contributed by atoms with Gasteiger partial charge in [-0.3, -0.25) is 24.0 Å². The van der Waals surface area contributed by atoms with Gasteiger partial charge in [-0.2, -0.15) is 0 Å². The average molecular weight is 781 g/mol. The summed E-state index contributed by atoms with van der Waals surface area (Å²) in [5.74, 6) is -6.14. The van der Waals surface area contributed by atoms with E-state index in [2.05, 4.69) is 21.3 Å². The molecule has 0 aromatic heterocycles. The van der Waals surface area contributed by atoms with Crippen LogP contribution in [0, 0.1) is 0 Å². The van der Waals surface area contributed by atoms with Gasteiger partial charge in [0.25, 0.3) is 5.91 Å². The van der Waals surface area contributed by atoms with Gasteiger partial charge in [0.05, 0.1) is 74.6 Å². The van der Waals surface area contributed by atoms with Crippen molar-refractivity contribution in [2.45, 2.75) is 161 Å². The Bertz CT molecular complexity index is 1440. The van der Waals surface area contributed by atoms with Crippen LogP contribution in [0.15, 0.2) is 23.3 Å². The molecule has 0 saturated heterocycles. The molecular formula is C38H60N4O13. The van der Waals surface area contributed by atoms with Crippen molar-refractivity contribution in [3.63, 3.8) is 0 Å². The molecule has 310 valence electrons. The number of carbonyl (C=O) groups excluding carboxylic acids is 6. The van der Waals surface area contributed by atoms with E-state index in [1.54, 1.807) is 19.9 Å². The van der Waals surface area contributed by atoms with Gasteiger partial charge in [-0.25, -0.2) is 9.59 Å². The number of carboxylic acid groups (broad SMARTS) is 1. The minimum Gasteiger partial charge on any atom is -0.481 e. The second-order valence-electron chi connectivity index (χ2n) is 13.8. The van der Waals surface area contributed by atoms with Crippen LogP contribution in [-0.2, 0) is 52.5 Å². The van der Waals surface area contributed by atoms with E-state index in [1.165, 1.54) is 19.9 Å². The average Bonchev–Trinajstić information content (AvgIpc) is 3.10. The molecule has 0 heterocycles. The predicted octanol–water partition coefficient (Wildman–Crippen LogP) is 1.50. The number of amides is 4. The minimum atomic E-state index is -2.85. The molecular weight excluding hydrogens is 720 g/mol. The number of carbonyl (C=O) groups is 7. The van der Waals surface area contributed by atoms with Crippen LogP contribution < -0.4 is 21.3 Å². The molecule has 4 amide bonds. The van der Waals surface area contributed by atoms with Crippen LogP contribution in [0.25, 0.3) is 0 Å². The van der Waals surface area contributed by atoms with E-state index in [0.717, 1.165) is 0 Å². The topological polar surface area (TPSA) is 245 Å². The third kappa shape index (κ3) is 14.0. The summed E-state index contributed by atoms with van der Waals surface area (Å²) in [7, 11) is 0. The van der Waals surface area contributed by atoms with Crippen LogP contribution in [0.3, 0.4) is 0 Å². The van der Waals surface area contributed by atoms with Gasteiger partial charge < -0.3 is 50.4 Å². The number of rotatable bonds is 21. The predicted molar refractivity (Wildman–Crippen MR) is 198 cm³/mol. The number of esters is 2. The van der Waals surface area contributed by atoms with Crippen LogP contribution in [0.2, 0.25) is 0 Å². The third-order valence-electron chi connectivity index (χ3n) is 9.50. The summed E-state index contributed by atoms with van der Waals surface area (Å²) < 4.78 is 22.9. The maximum Gasteiger partial charge on any atom is 0.333 e. The van der Waals surface area contributed by atoms with Crippen molar-refractivity contribution in [3.8, 4) is 0 Å². The Morgan fingerprint density at radius 2 is 1.07 bits per heavy atom. The van der Waals surface area contributed by atoms with Crippen LogP contribution in [-0.4, -0.2) is 119 Å². The van der Waals surface area contributed by atoms with Crippen molar-refractivity contribution < 1.29 is 62.7 Å². The molecule has 55 heavy (non-hydrogen) atoms. The van der Waals surface area contributed by atoms with Gasteiger partial charge in [0, 0.05) is 37.8 Å². The monoisotopic (exact) mass is 780 g/mol. The molecule has 0 fully saturated rings. The Kier molecular flexibility index (Phi) is 18.9. The smallest absolute Gasteiger partial charge is 0.333 e. The van der Waals surface area contributed by atoms with Gasteiger partial charge in [-0.05, 0) is 51.7 Å². The summed E-state index contributed by atoms with van der Waals surface area (Å²) in [5, 5.41) is 32.3. The summed E-state index contributed by atoms with van der Waals surface area (Å²) >= 11 is 0. The highest BCUT2D eigenvalue weighted by atomic mass is 16.5. The van der Waals surface area contributed by atoms with E-state index in [9.17, 15) is 43.8 Å². The Labute approximate surface area is 322 Å². The quantitative estimate of drug-likeness (QED) is 0.0906. The van der Waals surface area contributed by atoms with Gasteiger partial charge in [0.1, 0.15) is 0 Å². The van der Waals surface area contributed by atoms with Gasteiger partial charge >= 0.3 is 17.9 Å². The number of hydrogen-bond acceptors (Lipinski definition) is 12. The molecule has 0 spiro atoms. The van der Waals surface area contributed by atoms with Crippen LogP contribution >= 0.6 is 0 Å². The molecule has 2 rings (SSSR count). The first kappa shape index (κ1) is 46.8. The van der Waals surface area contributed by atoms with Crippen molar-refractivity contribution in [1.29, 1.82) is 0 Å². The summed E-state index contributed by atoms with van der Waals surface area (Å²) in [6.45, 7) is 13.5. The van der Waals surface area contributed by atoms with Crippen molar-refractivity contribution in [2.24, 2.45) is 0 Å². The van der Waals surface area contributed by atoms with Gasteiger partial charge in [0.15, 0.2) is 5.60 Å². The number of aliphatic carboxylic acids is 1. The Morgan fingerprint density at radius 1 is 0.673 bits per heavy atom. The van der Waals surface area contributed by atoms with E-state index >= 15 is 0 Å². The van der Waals surface area contributed by atoms with E-state index in [-0.39, 0.29) is 49.4 Å². The zero-order valence-electron chi connectivity index (χ0n) is 33.2. The van der Waals surface area contributed by atoms with E-state index in [4.69, 9.17) is 18.9 Å². The van der Waals surface area contributed by atoms with E-state index in [0.29, 0.717) is 25.7 Å². The third-order valence-corrected chi connectivity index (χ3v) is 9.50. The molecule has 0 aromatic rings. The Balaban J connectivity index is 2.50. The largest absolute Gasteiger partial charge is 0.481 e. The van der Waals surface area contributed by atoms with Crippen LogP contribution in [0.5, 0.6) is 0 Å². The molecule has 1 unspecified atom stereocenters. The fraction of sp³-hybridized carbons (Fsp3) is 0.711. The first-order valence-corrected chi connectivity index (χ1v) is 19.1. The molecule has 17 heteroatoms. The van der Waals surface area contributed by atoms with Crippen molar-refractivity contribution in [3.05, 3.63) is 23.3 Å². The molecule has 17 nitrogen and oxygen atoms in total. The zero-order valence-corrected chi connectivity index (χ0v) is 33.2. The molecule has 0 bridgehead atoms. The number of ether oxygens (including phenoxy) is 4. The highest BCUT2D eigenvalue weighted by molar-refractivity contribution is 5.95. The number of carboxylic acids is 1. The summed E-state index contributed by atoms with van der Waals surface area (Å²) in [6.07, 6.45) is 0.540. The lowest BCUT2D eigenvalue weighted by Crippen LogP contribution is -2.63. The number of aliphatic hydroxyl groups is 1. The van der Waals surface area contributed by atoms with E-state index < -0.39 is 96.4 Å². The highest BCUT2D eigenvalue weighted by Gasteiger charge is 2.46. The molecule has 2 aliphatic rings. The van der Waals surface area contributed by atoms with E-state index in [1.807, 2.05) is 27.7 Å². The Morgan fingerprint density at radius 3 is 1.42 bits per heavy atom. The standard InChI is InChI=1S/C38H60N4O13/c1-9-25(10-2)54-29-17-23(35(48)52-13-5)15-27(33(29)39-21(7)43)41-31(45)19-38(51,20-32(46)47)37(50)42-28-16-24(36(49)53-14-6)18-30(34(28)40-22(8)44)55-26(11-3)12-4/h17-18,25-30,33-34,51H,9-16,19-20H2,1-8H3,(H,39,43)(H,40,44)(H,41,45)(H,42,50)(H,46,47)/t27-,28-,29+,30+,33+,34+,38?/m0/s1. The first-order valence-electron chi connectivity index (χ1n) is 19.1. The summed E-state index contributed by atoms with van der Waals surface area (Å²) in [5.41, 5.74) is -2.56. The van der Waals surface area contributed by atoms with Crippen molar-refractivity contribution in [1.82, 2.24) is 21.3 Å². The number of hydrogen-bond donors (Lipinski definition) is 6. The lowest BCUT2D eigenvalue weighted by molar-refractivity contribution is -0.156. The molecule has 2 aliphatic carbocycles. The minimum absolute atomic E-state index is 0.0549. The molecule has 0 saturated carbocycles. The second kappa shape index (κ2) is 22.3. The summed E-state index contributed by atoms with van der Waals surface area (Å²) in [6, 6.07) is -4.00. The second-order valence-corrected chi connectivity index (χ2v) is 13.8. The maximum atomic E-state index is 14.0. The molecule has 0 radical (unpaired) electrons. The Hall–Kier alpha value is -4.35. The maximum absolute atomic E-state index is 14.0. The van der Waals surface area contributed by atoms with Crippen LogP contribution in [0.1, 0.15) is 107 Å². The van der Waals surface area contributed by atoms with Gasteiger partial charge in [-0.1, -0.05) is 27.7 Å². The van der Waals surface area contributed by atoms with Crippen LogP contribution in [0.4, 0.5) is 0 Å². The zero-order chi connectivity index (χ0) is 41.5. The summed E-state index contributed by atoms with van der Waals surface area (Å²) in [4.78, 5) is 90.4. The first-order chi connectivity index (χ1) is 25.9. The highest BCUT2D eigenvalue weighted by Crippen LogP contribution is 2.29. The molecule has 0 aromatic carbocycles. The van der Waals surface area contributed by atoms with Crippen molar-refractivity contribution in [2.75, 3.05) is 13.2 Å². The lowest BCUT2D eigenvalue weighted by atomic mass is 9.85. The van der Waals surface area contributed by atoms with Gasteiger partial charge in [0.2, 0.25) is 17.7 Å². The SMILES string of the molecule is CCOC(=O)C1=C[C@@H](OC(CC)CC)[C@H](NC(C)=O)[C@@H](NC(=O)CC(O)(CC(=O)O)C(=O)N[C@H]2CC(C(=O)OCC)=C[C@@H](OC(CC)CC)[C@@H]2NC(C)=O)C1. The van der Waals surface area contributed by atoms with Crippen molar-refractivity contribution >= 4 is 41.5 Å². The normalized spacial score (nSPS) is 23.4. The van der Waals surface area contributed by atoms with Gasteiger partial charge in [-0.15, -0.1) is 0 Å². The lowest BCUT2D eigenvalue weighted by Gasteiger charge is -2.40. The fourth-order valence-corrected chi connectivity index (χ4v) is 6.75. The number of nitrogens with one attached hydrogen (secondary N) is 4. The molecule has 0 aliphatic heterocycles. The molecule has 7 atom stereocenters.